The summed E-state index contributed by atoms with van der Waals surface area (Å²) in [5.41, 5.74) is 0.899. The Morgan fingerprint density at radius 2 is 1.90 bits per heavy atom. The fraction of sp³-hybridized carbons (Fsp3) is 0.500. The molecule has 1 aromatic rings. The number of carbonyl (C=O) groups excluding carboxylic acids is 1. The van der Waals surface area contributed by atoms with E-state index in [0.717, 1.165) is 18.4 Å². The second-order valence-corrected chi connectivity index (χ2v) is 5.88. The molecule has 2 fully saturated rings. The number of carboxylic acid groups (broad SMARTS) is 1. The minimum atomic E-state index is -0.935. The smallest absolute Gasteiger partial charge is 0.410 e. The summed E-state index contributed by atoms with van der Waals surface area (Å²) < 4.78 is 5.26. The summed E-state index contributed by atoms with van der Waals surface area (Å²) in [7, 11) is 0. The average Bonchev–Trinajstić information content (AvgIpc) is 3.24. The lowest BCUT2D eigenvalue weighted by atomic mass is 10.0. The maximum Gasteiger partial charge on any atom is 0.410 e. The first-order chi connectivity index (χ1) is 10.1. The number of hydrogen-bond donors (Lipinski definition) is 1. The number of hydrogen-bond acceptors (Lipinski definition) is 3. The largest absolute Gasteiger partial charge is 0.480 e. The Labute approximate surface area is 123 Å². The van der Waals surface area contributed by atoms with Gasteiger partial charge in [0, 0.05) is 6.54 Å². The number of likely N-dealkylation sites (tertiary alicyclic amines) is 1. The molecule has 5 heteroatoms. The summed E-state index contributed by atoms with van der Waals surface area (Å²) in [6.07, 6.45) is 2.35. The Kier molecular flexibility index (Phi) is 3.82. The van der Waals surface area contributed by atoms with E-state index in [1.807, 2.05) is 30.3 Å². The molecule has 1 amide bonds. The normalized spacial score (nSPS) is 24.9. The third-order valence-electron chi connectivity index (χ3n) is 4.35. The molecule has 1 saturated carbocycles. The van der Waals surface area contributed by atoms with Gasteiger partial charge in [-0.15, -0.1) is 0 Å². The van der Waals surface area contributed by atoms with Crippen LogP contribution in [-0.2, 0) is 16.1 Å². The van der Waals surface area contributed by atoms with Gasteiger partial charge in [-0.25, -0.2) is 9.59 Å². The molecule has 3 rings (SSSR count). The predicted octanol–water partition coefficient (Wildman–Crippen LogP) is 2.51. The van der Waals surface area contributed by atoms with Crippen LogP contribution in [0.15, 0.2) is 30.3 Å². The van der Waals surface area contributed by atoms with Crippen molar-refractivity contribution >= 4 is 12.1 Å². The monoisotopic (exact) mass is 289 g/mol. The zero-order valence-corrected chi connectivity index (χ0v) is 11.8. The number of aliphatic carboxylic acids is 1. The van der Waals surface area contributed by atoms with Crippen molar-refractivity contribution in [2.45, 2.75) is 31.9 Å². The Balaban J connectivity index is 1.60. The van der Waals surface area contributed by atoms with Crippen LogP contribution in [0.25, 0.3) is 0 Å². The summed E-state index contributed by atoms with van der Waals surface area (Å²) in [6, 6.07) is 8.66. The Hall–Kier alpha value is -2.04. The molecule has 5 nitrogen and oxygen atoms in total. The predicted molar refractivity (Wildman–Crippen MR) is 75.6 cm³/mol. The number of nitrogens with zero attached hydrogens (tertiary/aromatic N) is 1. The molecule has 1 aromatic carbocycles. The van der Waals surface area contributed by atoms with Crippen molar-refractivity contribution in [1.29, 1.82) is 0 Å². The molecule has 1 N–H and O–H groups in total. The van der Waals surface area contributed by atoms with Gasteiger partial charge in [0.1, 0.15) is 12.6 Å². The fourth-order valence-electron chi connectivity index (χ4n) is 3.02. The lowest BCUT2D eigenvalue weighted by Crippen LogP contribution is -2.40. The minimum absolute atomic E-state index is 0.177. The Morgan fingerprint density at radius 1 is 1.19 bits per heavy atom. The summed E-state index contributed by atoms with van der Waals surface area (Å²) in [5, 5.41) is 9.29. The molecule has 1 aliphatic heterocycles. The molecule has 0 unspecified atom stereocenters. The van der Waals surface area contributed by atoms with Crippen molar-refractivity contribution < 1.29 is 19.4 Å². The van der Waals surface area contributed by atoms with Crippen LogP contribution in [0.5, 0.6) is 0 Å². The van der Waals surface area contributed by atoms with Gasteiger partial charge in [-0.2, -0.15) is 0 Å². The standard InChI is InChI=1S/C16H19NO4/c18-15(19)14-8-13(12-6-7-12)9-17(14)16(20)21-10-11-4-2-1-3-5-11/h1-5,12-14H,6-10H2,(H,18,19)/t13-,14-/m0/s1. The van der Waals surface area contributed by atoms with Gasteiger partial charge in [0.25, 0.3) is 0 Å². The van der Waals surface area contributed by atoms with E-state index in [2.05, 4.69) is 0 Å². The van der Waals surface area contributed by atoms with E-state index < -0.39 is 18.1 Å². The fourth-order valence-corrected chi connectivity index (χ4v) is 3.02. The molecule has 1 heterocycles. The first kappa shape index (κ1) is 13.9. The zero-order valence-electron chi connectivity index (χ0n) is 11.8. The van der Waals surface area contributed by atoms with E-state index >= 15 is 0 Å². The van der Waals surface area contributed by atoms with E-state index in [-0.39, 0.29) is 6.61 Å². The molecule has 0 radical (unpaired) electrons. The van der Waals surface area contributed by atoms with Gasteiger partial charge < -0.3 is 9.84 Å². The van der Waals surface area contributed by atoms with Crippen molar-refractivity contribution in [3.63, 3.8) is 0 Å². The maximum atomic E-state index is 12.2. The third kappa shape index (κ3) is 3.17. The molecular weight excluding hydrogens is 270 g/mol. The molecule has 0 bridgehead atoms. The second-order valence-electron chi connectivity index (χ2n) is 5.88. The number of benzene rings is 1. The SMILES string of the molecule is O=C(O)[C@@H]1C[C@H](C2CC2)CN1C(=O)OCc1ccccc1. The van der Waals surface area contributed by atoms with Gasteiger partial charge in [0.15, 0.2) is 0 Å². The van der Waals surface area contributed by atoms with E-state index in [0.29, 0.717) is 24.8 Å². The number of carboxylic acids is 1. The van der Waals surface area contributed by atoms with Crippen LogP contribution in [0.2, 0.25) is 0 Å². The lowest BCUT2D eigenvalue weighted by Gasteiger charge is -2.20. The highest BCUT2D eigenvalue weighted by Gasteiger charge is 2.45. The van der Waals surface area contributed by atoms with E-state index in [1.165, 1.54) is 4.90 Å². The molecule has 1 aliphatic carbocycles. The van der Waals surface area contributed by atoms with Gasteiger partial charge in [0.2, 0.25) is 0 Å². The molecule has 21 heavy (non-hydrogen) atoms. The van der Waals surface area contributed by atoms with Crippen LogP contribution in [-0.4, -0.2) is 34.7 Å². The van der Waals surface area contributed by atoms with Crippen molar-refractivity contribution in [2.75, 3.05) is 6.54 Å². The van der Waals surface area contributed by atoms with Gasteiger partial charge in [-0.1, -0.05) is 30.3 Å². The highest BCUT2D eigenvalue weighted by molar-refractivity contribution is 5.80. The molecule has 0 spiro atoms. The molecule has 112 valence electrons. The van der Waals surface area contributed by atoms with Crippen molar-refractivity contribution in [3.8, 4) is 0 Å². The van der Waals surface area contributed by atoms with E-state index in [4.69, 9.17) is 4.74 Å². The first-order valence-corrected chi connectivity index (χ1v) is 7.35. The van der Waals surface area contributed by atoms with Gasteiger partial charge in [-0.05, 0) is 36.7 Å². The average molecular weight is 289 g/mol. The summed E-state index contributed by atoms with van der Waals surface area (Å²) in [4.78, 5) is 24.9. The molecule has 2 aliphatic rings. The number of rotatable bonds is 4. The summed E-state index contributed by atoms with van der Waals surface area (Å²) in [5.74, 6) is -0.0241. The van der Waals surface area contributed by atoms with Crippen LogP contribution < -0.4 is 0 Å². The Bertz CT molecular complexity index is 526. The van der Waals surface area contributed by atoms with Crippen LogP contribution in [0.1, 0.15) is 24.8 Å². The van der Waals surface area contributed by atoms with Gasteiger partial charge in [0.05, 0.1) is 0 Å². The third-order valence-corrected chi connectivity index (χ3v) is 4.35. The number of carbonyl (C=O) groups is 2. The lowest BCUT2D eigenvalue weighted by molar-refractivity contribution is -0.141. The minimum Gasteiger partial charge on any atom is -0.480 e. The quantitative estimate of drug-likeness (QED) is 0.924. The van der Waals surface area contributed by atoms with Crippen LogP contribution in [0.4, 0.5) is 4.79 Å². The topological polar surface area (TPSA) is 66.8 Å². The van der Waals surface area contributed by atoms with Crippen LogP contribution in [0, 0.1) is 11.8 Å². The molecule has 2 atom stereocenters. The van der Waals surface area contributed by atoms with Gasteiger partial charge in [-0.3, -0.25) is 4.90 Å². The highest BCUT2D eigenvalue weighted by Crippen LogP contribution is 2.43. The maximum absolute atomic E-state index is 12.2. The molecule has 1 saturated heterocycles. The van der Waals surface area contributed by atoms with Crippen molar-refractivity contribution in [1.82, 2.24) is 4.90 Å². The number of ether oxygens (including phenoxy) is 1. The summed E-state index contributed by atoms with van der Waals surface area (Å²) in [6.45, 7) is 0.686. The van der Waals surface area contributed by atoms with Crippen LogP contribution in [0.3, 0.4) is 0 Å². The van der Waals surface area contributed by atoms with Crippen molar-refractivity contribution in [2.24, 2.45) is 11.8 Å². The van der Waals surface area contributed by atoms with Crippen molar-refractivity contribution in [3.05, 3.63) is 35.9 Å². The zero-order chi connectivity index (χ0) is 14.8. The molecular formula is C16H19NO4. The molecule has 0 aromatic heterocycles. The van der Waals surface area contributed by atoms with Crippen LogP contribution >= 0.6 is 0 Å². The number of amides is 1. The summed E-state index contributed by atoms with van der Waals surface area (Å²) >= 11 is 0. The second kappa shape index (κ2) is 5.76. The Morgan fingerprint density at radius 3 is 2.52 bits per heavy atom. The first-order valence-electron chi connectivity index (χ1n) is 7.35. The van der Waals surface area contributed by atoms with E-state index in [1.54, 1.807) is 0 Å². The van der Waals surface area contributed by atoms with Gasteiger partial charge >= 0.3 is 12.1 Å². The van der Waals surface area contributed by atoms with E-state index in [9.17, 15) is 14.7 Å². The highest BCUT2D eigenvalue weighted by atomic mass is 16.6.